The molecule has 0 heterocycles. The van der Waals surface area contributed by atoms with Crippen LogP contribution in [0.15, 0.2) is 243 Å². The first-order chi connectivity index (χ1) is 29.3. The van der Waals surface area contributed by atoms with Gasteiger partial charge in [-0.1, -0.05) is 194 Å². The van der Waals surface area contributed by atoms with Gasteiger partial charge in [0, 0.05) is 33.4 Å². The maximum atomic E-state index is 2.50. The zero-order valence-electron chi connectivity index (χ0n) is 32.5. The summed E-state index contributed by atoms with van der Waals surface area (Å²) in [7, 11) is 0. The fourth-order valence-electron chi connectivity index (χ4n) is 9.63. The second-order valence-corrected chi connectivity index (χ2v) is 15.3. The molecule has 10 aromatic rings. The number of hydrogen-bond acceptors (Lipinski definition) is 2. The maximum absolute atomic E-state index is 2.50. The predicted octanol–water partition coefficient (Wildman–Crippen LogP) is 15.3. The molecule has 0 aliphatic heterocycles. The number of para-hydroxylation sites is 2. The molecule has 0 saturated heterocycles. The fourth-order valence-corrected chi connectivity index (χ4v) is 9.63. The predicted molar refractivity (Wildman–Crippen MR) is 248 cm³/mol. The van der Waals surface area contributed by atoms with Crippen LogP contribution in [-0.4, -0.2) is 0 Å². The van der Waals surface area contributed by atoms with Gasteiger partial charge in [-0.3, -0.25) is 0 Å². The Morgan fingerprint density at radius 1 is 0.288 bits per heavy atom. The molecule has 0 radical (unpaired) electrons. The number of benzene rings is 10. The Hall–Kier alpha value is -7.68. The lowest BCUT2D eigenvalue weighted by Gasteiger charge is -2.36. The van der Waals surface area contributed by atoms with Gasteiger partial charge in [-0.2, -0.15) is 0 Å². The van der Waals surface area contributed by atoms with Crippen LogP contribution in [0.1, 0.15) is 22.3 Å². The molecule has 1 aliphatic rings. The molecule has 0 spiro atoms. The molecular weight excluding hydrogens is 713 g/mol. The molecule has 1 aliphatic carbocycles. The summed E-state index contributed by atoms with van der Waals surface area (Å²) in [6, 6.07) is 88.8. The second kappa shape index (κ2) is 14.4. The van der Waals surface area contributed by atoms with Gasteiger partial charge in [0.25, 0.3) is 0 Å². The van der Waals surface area contributed by atoms with Crippen molar-refractivity contribution in [2.45, 2.75) is 5.41 Å². The minimum absolute atomic E-state index is 0.624. The monoisotopic (exact) mass is 752 g/mol. The Balaban J connectivity index is 1.34. The van der Waals surface area contributed by atoms with Crippen molar-refractivity contribution in [3.63, 3.8) is 0 Å². The van der Waals surface area contributed by atoms with Gasteiger partial charge in [-0.15, -0.1) is 0 Å². The van der Waals surface area contributed by atoms with Crippen molar-refractivity contribution >= 4 is 55.7 Å². The van der Waals surface area contributed by atoms with Gasteiger partial charge in [-0.25, -0.2) is 0 Å². The second-order valence-electron chi connectivity index (χ2n) is 15.3. The lowest BCUT2D eigenvalue weighted by atomic mass is 9.67. The van der Waals surface area contributed by atoms with Gasteiger partial charge in [0.1, 0.15) is 0 Å². The molecule has 11 rings (SSSR count). The smallest absolute Gasteiger partial charge is 0.0715 e. The van der Waals surface area contributed by atoms with Crippen LogP contribution in [0.25, 0.3) is 32.7 Å². The minimum atomic E-state index is -0.624. The molecule has 0 fully saturated rings. The highest BCUT2D eigenvalue weighted by molar-refractivity contribution is 6.06. The number of rotatable bonds is 8. The molecule has 2 heteroatoms. The number of hydrogen-bond donors (Lipinski definition) is 0. The first kappa shape index (κ1) is 34.6. The van der Waals surface area contributed by atoms with E-state index >= 15 is 0 Å². The third-order valence-electron chi connectivity index (χ3n) is 12.1. The molecule has 0 atom stereocenters. The van der Waals surface area contributed by atoms with Crippen molar-refractivity contribution in [1.29, 1.82) is 0 Å². The van der Waals surface area contributed by atoms with E-state index in [4.69, 9.17) is 0 Å². The largest absolute Gasteiger partial charge is 0.310 e. The molecule has 0 saturated carbocycles. The third kappa shape index (κ3) is 5.56. The quantitative estimate of drug-likeness (QED) is 0.152. The van der Waals surface area contributed by atoms with Crippen molar-refractivity contribution in [2.24, 2.45) is 0 Å². The average molecular weight is 753 g/mol. The van der Waals surface area contributed by atoms with Gasteiger partial charge in [0.15, 0.2) is 0 Å². The molecule has 0 unspecified atom stereocenters. The number of fused-ring (bicyclic) bond motifs is 5. The SMILES string of the molecule is c1ccc(N(c2cc(N(c3ccccc3)c3cccc4ccccc34)c3c(c2)C(c2ccccc2)(c2ccccc2)c2ccccc2-3)c2cccc3ccccc23)cc1. The zero-order valence-corrected chi connectivity index (χ0v) is 32.5. The Kier molecular flexibility index (Phi) is 8.41. The number of anilines is 6. The van der Waals surface area contributed by atoms with E-state index in [-0.39, 0.29) is 0 Å². The molecule has 2 nitrogen and oxygen atoms in total. The van der Waals surface area contributed by atoms with Crippen molar-refractivity contribution in [3.8, 4) is 11.1 Å². The molecule has 278 valence electrons. The Morgan fingerprint density at radius 2 is 0.729 bits per heavy atom. The van der Waals surface area contributed by atoms with Crippen molar-refractivity contribution in [1.82, 2.24) is 0 Å². The van der Waals surface area contributed by atoms with Crippen LogP contribution in [-0.2, 0) is 5.41 Å². The van der Waals surface area contributed by atoms with E-state index in [2.05, 4.69) is 252 Å². The number of nitrogens with zero attached hydrogens (tertiary/aromatic N) is 2. The lowest BCUT2D eigenvalue weighted by Crippen LogP contribution is -2.29. The summed E-state index contributed by atoms with van der Waals surface area (Å²) in [5.41, 5.74) is 13.4. The van der Waals surface area contributed by atoms with E-state index in [0.29, 0.717) is 0 Å². The van der Waals surface area contributed by atoms with Gasteiger partial charge >= 0.3 is 0 Å². The normalized spacial score (nSPS) is 12.5. The summed E-state index contributed by atoms with van der Waals surface area (Å²) in [5.74, 6) is 0. The van der Waals surface area contributed by atoms with Crippen LogP contribution in [0.3, 0.4) is 0 Å². The summed E-state index contributed by atoms with van der Waals surface area (Å²) in [4.78, 5) is 4.96. The van der Waals surface area contributed by atoms with E-state index in [1.807, 2.05) is 0 Å². The maximum Gasteiger partial charge on any atom is 0.0715 e. The van der Waals surface area contributed by atoms with E-state index < -0.39 is 5.41 Å². The highest BCUT2D eigenvalue weighted by atomic mass is 15.2. The minimum Gasteiger partial charge on any atom is -0.310 e. The van der Waals surface area contributed by atoms with E-state index in [0.717, 1.165) is 34.1 Å². The third-order valence-corrected chi connectivity index (χ3v) is 12.1. The fraction of sp³-hybridized carbons (Fsp3) is 0.0175. The molecule has 0 bridgehead atoms. The topological polar surface area (TPSA) is 6.48 Å². The highest BCUT2D eigenvalue weighted by Gasteiger charge is 2.48. The summed E-state index contributed by atoms with van der Waals surface area (Å²) in [6.45, 7) is 0. The summed E-state index contributed by atoms with van der Waals surface area (Å²) in [5, 5.41) is 4.78. The molecule has 0 amide bonds. The molecule has 0 N–H and O–H groups in total. The van der Waals surface area contributed by atoms with E-state index in [9.17, 15) is 0 Å². The summed E-state index contributed by atoms with van der Waals surface area (Å²) < 4.78 is 0. The Labute approximate surface area is 345 Å². The van der Waals surface area contributed by atoms with Crippen LogP contribution in [0.5, 0.6) is 0 Å². The van der Waals surface area contributed by atoms with Crippen molar-refractivity contribution < 1.29 is 0 Å². The van der Waals surface area contributed by atoms with E-state index in [1.54, 1.807) is 0 Å². The molecular formula is C57H40N2. The van der Waals surface area contributed by atoms with Gasteiger partial charge in [0.05, 0.1) is 22.5 Å². The molecule has 10 aromatic carbocycles. The van der Waals surface area contributed by atoms with Crippen LogP contribution in [0.4, 0.5) is 34.1 Å². The highest BCUT2D eigenvalue weighted by Crippen LogP contribution is 2.61. The molecule has 59 heavy (non-hydrogen) atoms. The first-order valence-electron chi connectivity index (χ1n) is 20.4. The van der Waals surface area contributed by atoms with Gasteiger partial charge in [-0.05, 0) is 87.1 Å². The van der Waals surface area contributed by atoms with Crippen molar-refractivity contribution in [2.75, 3.05) is 9.80 Å². The Bertz CT molecular complexity index is 3050. The standard InChI is InChI=1S/C57H40N2/c1-5-25-43(26-6-1)57(44-27-7-2-8-28-44)51-36-18-17-35-50(51)56-52(57)39-47(58(45-29-9-3-10-30-45)53-37-19-23-41-21-13-15-33-48(41)53)40-55(56)59(46-31-11-4-12-32-46)54-38-20-24-42-22-14-16-34-49(42)54/h1-40H. The van der Waals surface area contributed by atoms with Gasteiger partial charge < -0.3 is 9.80 Å². The van der Waals surface area contributed by atoms with Crippen molar-refractivity contribution in [3.05, 3.63) is 265 Å². The summed E-state index contributed by atoms with van der Waals surface area (Å²) >= 11 is 0. The first-order valence-corrected chi connectivity index (χ1v) is 20.4. The van der Waals surface area contributed by atoms with Gasteiger partial charge in [0.2, 0.25) is 0 Å². The van der Waals surface area contributed by atoms with Crippen LogP contribution >= 0.6 is 0 Å². The van der Waals surface area contributed by atoms with Crippen LogP contribution in [0, 0.1) is 0 Å². The Morgan fingerprint density at radius 3 is 1.31 bits per heavy atom. The zero-order chi connectivity index (χ0) is 39.2. The lowest BCUT2D eigenvalue weighted by molar-refractivity contribution is 0.768. The average Bonchev–Trinajstić information content (AvgIpc) is 3.62. The van der Waals surface area contributed by atoms with Crippen LogP contribution < -0.4 is 9.80 Å². The van der Waals surface area contributed by atoms with Crippen LogP contribution in [0.2, 0.25) is 0 Å². The summed E-state index contributed by atoms with van der Waals surface area (Å²) in [6.07, 6.45) is 0. The molecule has 0 aromatic heterocycles. The van der Waals surface area contributed by atoms with E-state index in [1.165, 1.54) is 54.9 Å².